The quantitative estimate of drug-likeness (QED) is 0.684. The Morgan fingerprint density at radius 2 is 1.93 bits per heavy atom. The SMILES string of the molecule is COc1cc(C(=O)NC2CCN(Cc3ccccc3)CC2)cc2c1C=CS2(O)O. The van der Waals surface area contributed by atoms with Gasteiger partial charge in [0.1, 0.15) is 5.75 Å². The maximum atomic E-state index is 12.8. The van der Waals surface area contributed by atoms with E-state index in [9.17, 15) is 13.9 Å². The summed E-state index contributed by atoms with van der Waals surface area (Å²) in [5.74, 6) is 0.258. The van der Waals surface area contributed by atoms with Gasteiger partial charge in [0, 0.05) is 42.2 Å². The molecule has 0 radical (unpaired) electrons. The van der Waals surface area contributed by atoms with E-state index in [0.717, 1.165) is 32.5 Å². The molecule has 29 heavy (non-hydrogen) atoms. The highest BCUT2D eigenvalue weighted by Crippen LogP contribution is 2.58. The summed E-state index contributed by atoms with van der Waals surface area (Å²) >= 11 is 0. The number of hydrogen-bond donors (Lipinski definition) is 3. The van der Waals surface area contributed by atoms with Gasteiger partial charge in [-0.05, 0) is 36.6 Å². The monoisotopic (exact) mass is 414 g/mol. The molecule has 2 aromatic rings. The van der Waals surface area contributed by atoms with Gasteiger partial charge in [0.05, 0.1) is 12.0 Å². The Morgan fingerprint density at radius 3 is 2.62 bits per heavy atom. The van der Waals surface area contributed by atoms with Crippen LogP contribution in [0.1, 0.15) is 34.3 Å². The molecular formula is C22H26N2O4S. The van der Waals surface area contributed by atoms with Crippen LogP contribution < -0.4 is 10.1 Å². The van der Waals surface area contributed by atoms with E-state index in [0.29, 0.717) is 21.8 Å². The van der Waals surface area contributed by atoms with Crippen LogP contribution in [0.5, 0.6) is 5.75 Å². The average Bonchev–Trinajstić information content (AvgIpc) is 3.04. The van der Waals surface area contributed by atoms with Crippen molar-refractivity contribution in [2.45, 2.75) is 30.3 Å². The van der Waals surface area contributed by atoms with E-state index in [1.807, 2.05) is 6.07 Å². The lowest BCUT2D eigenvalue weighted by Crippen LogP contribution is -2.44. The maximum absolute atomic E-state index is 12.8. The first-order valence-corrected chi connectivity index (χ1v) is 11.3. The highest BCUT2D eigenvalue weighted by Gasteiger charge is 2.28. The molecule has 0 aliphatic carbocycles. The minimum atomic E-state index is -3.01. The van der Waals surface area contributed by atoms with Crippen molar-refractivity contribution in [1.29, 1.82) is 0 Å². The standard InChI is InChI=1S/C22H26N2O4S/c1-28-20-13-17(14-21-19(20)9-12-29(21,26)27)22(25)23-18-7-10-24(11-8-18)15-16-5-3-2-4-6-16/h2-6,9,12-14,18,26-27H,7-8,10-11,15H2,1H3,(H,23,25). The number of nitrogens with one attached hydrogen (secondary N) is 1. The van der Waals surface area contributed by atoms with Gasteiger partial charge in [-0.25, -0.2) is 0 Å². The van der Waals surface area contributed by atoms with Crippen LogP contribution in [0.2, 0.25) is 0 Å². The van der Waals surface area contributed by atoms with Crippen molar-refractivity contribution in [3.8, 4) is 5.75 Å². The van der Waals surface area contributed by atoms with Crippen LogP contribution in [0, 0.1) is 0 Å². The molecule has 0 atom stereocenters. The number of nitrogens with zero attached hydrogens (tertiary/aromatic N) is 1. The topological polar surface area (TPSA) is 82.0 Å². The molecule has 1 saturated heterocycles. The summed E-state index contributed by atoms with van der Waals surface area (Å²) in [4.78, 5) is 15.6. The van der Waals surface area contributed by atoms with Crippen LogP contribution in [0.15, 0.2) is 52.8 Å². The van der Waals surface area contributed by atoms with Crippen LogP contribution in [0.4, 0.5) is 0 Å². The molecular weight excluding hydrogens is 388 g/mol. The number of carbonyl (C=O) groups excluding carboxylic acids is 1. The number of ether oxygens (including phenoxy) is 1. The fourth-order valence-electron chi connectivity index (χ4n) is 3.90. The van der Waals surface area contributed by atoms with Crippen molar-refractivity contribution >= 4 is 22.6 Å². The Hall–Kier alpha value is -2.32. The summed E-state index contributed by atoms with van der Waals surface area (Å²) in [7, 11) is -1.50. The predicted octanol–water partition coefficient (Wildman–Crippen LogP) is 4.18. The van der Waals surface area contributed by atoms with Gasteiger partial charge in [-0.1, -0.05) is 30.3 Å². The van der Waals surface area contributed by atoms with E-state index < -0.39 is 10.6 Å². The molecule has 4 rings (SSSR count). The summed E-state index contributed by atoms with van der Waals surface area (Å²) in [6, 6.07) is 13.7. The zero-order valence-electron chi connectivity index (χ0n) is 16.4. The molecule has 6 nitrogen and oxygen atoms in total. The third kappa shape index (κ3) is 4.33. The molecule has 1 amide bonds. The summed E-state index contributed by atoms with van der Waals surface area (Å²) in [5.41, 5.74) is 2.31. The maximum Gasteiger partial charge on any atom is 0.251 e. The van der Waals surface area contributed by atoms with Crippen LogP contribution in [0.25, 0.3) is 6.08 Å². The van der Waals surface area contributed by atoms with E-state index in [4.69, 9.17) is 4.74 Å². The van der Waals surface area contributed by atoms with Gasteiger partial charge in [0.25, 0.3) is 5.91 Å². The highest BCUT2D eigenvalue weighted by atomic mass is 32.3. The molecule has 0 aromatic heterocycles. The number of rotatable bonds is 5. The zero-order chi connectivity index (χ0) is 20.4. The Kier molecular flexibility index (Phi) is 5.65. The number of benzene rings is 2. The third-order valence-electron chi connectivity index (χ3n) is 5.51. The number of fused-ring (bicyclic) bond motifs is 1. The first kappa shape index (κ1) is 20.0. The van der Waals surface area contributed by atoms with E-state index in [1.54, 1.807) is 18.2 Å². The lowest BCUT2D eigenvalue weighted by molar-refractivity contribution is 0.0908. The van der Waals surface area contributed by atoms with Crippen LogP contribution >= 0.6 is 10.6 Å². The van der Waals surface area contributed by atoms with E-state index in [1.165, 1.54) is 18.1 Å². The van der Waals surface area contributed by atoms with Crippen molar-refractivity contribution in [1.82, 2.24) is 10.2 Å². The summed E-state index contributed by atoms with van der Waals surface area (Å²) in [6.07, 6.45) is 3.41. The molecule has 0 spiro atoms. The second kappa shape index (κ2) is 8.20. The third-order valence-corrected chi connectivity index (χ3v) is 7.01. The van der Waals surface area contributed by atoms with E-state index in [-0.39, 0.29) is 11.9 Å². The van der Waals surface area contributed by atoms with Crippen molar-refractivity contribution in [2.75, 3.05) is 20.2 Å². The van der Waals surface area contributed by atoms with Gasteiger partial charge in [0.15, 0.2) is 0 Å². The molecule has 0 saturated carbocycles. The van der Waals surface area contributed by atoms with Gasteiger partial charge in [-0.2, -0.15) is 0 Å². The number of hydrogen-bond acceptors (Lipinski definition) is 5. The number of amides is 1. The van der Waals surface area contributed by atoms with Crippen molar-refractivity contribution in [3.63, 3.8) is 0 Å². The smallest absolute Gasteiger partial charge is 0.251 e. The normalized spacial score (nSPS) is 19.6. The largest absolute Gasteiger partial charge is 0.496 e. The highest BCUT2D eigenvalue weighted by molar-refractivity contribution is 8.27. The Bertz CT molecular complexity index is 922. The van der Waals surface area contributed by atoms with Crippen LogP contribution in [-0.4, -0.2) is 46.2 Å². The summed E-state index contributed by atoms with van der Waals surface area (Å²) < 4.78 is 25.8. The molecule has 2 heterocycles. The second-order valence-corrected chi connectivity index (χ2v) is 9.39. The van der Waals surface area contributed by atoms with Crippen LogP contribution in [-0.2, 0) is 6.54 Å². The molecule has 2 aliphatic rings. The molecule has 7 heteroatoms. The fourth-order valence-corrected chi connectivity index (χ4v) is 5.16. The molecule has 0 unspecified atom stereocenters. The Labute approximate surface area is 172 Å². The molecule has 0 bridgehead atoms. The van der Waals surface area contributed by atoms with Gasteiger partial charge in [-0.3, -0.25) is 18.8 Å². The molecule has 2 aliphatic heterocycles. The van der Waals surface area contributed by atoms with Gasteiger partial charge >= 0.3 is 0 Å². The van der Waals surface area contributed by atoms with Gasteiger partial charge < -0.3 is 10.1 Å². The lowest BCUT2D eigenvalue weighted by atomic mass is 10.0. The number of methoxy groups -OCH3 is 1. The van der Waals surface area contributed by atoms with E-state index in [2.05, 4.69) is 34.5 Å². The Morgan fingerprint density at radius 1 is 1.21 bits per heavy atom. The average molecular weight is 415 g/mol. The Balaban J connectivity index is 1.38. The fraction of sp³-hybridized carbons (Fsp3) is 0.318. The van der Waals surface area contributed by atoms with Crippen molar-refractivity contribution < 1.29 is 18.6 Å². The number of likely N-dealkylation sites (tertiary alicyclic amines) is 1. The molecule has 2 aromatic carbocycles. The second-order valence-electron chi connectivity index (χ2n) is 7.50. The van der Waals surface area contributed by atoms with E-state index >= 15 is 0 Å². The molecule has 3 N–H and O–H groups in total. The minimum absolute atomic E-state index is 0.104. The van der Waals surface area contributed by atoms with Crippen molar-refractivity contribution in [3.05, 3.63) is 64.6 Å². The number of piperidine rings is 1. The minimum Gasteiger partial charge on any atom is -0.496 e. The predicted molar refractivity (Wildman–Crippen MR) is 115 cm³/mol. The number of carbonyl (C=O) groups is 1. The molecule has 154 valence electrons. The molecule has 1 fully saturated rings. The first-order valence-electron chi connectivity index (χ1n) is 9.72. The summed E-state index contributed by atoms with van der Waals surface area (Å²) in [5, 5.41) is 4.46. The summed E-state index contributed by atoms with van der Waals surface area (Å²) in [6.45, 7) is 2.78. The van der Waals surface area contributed by atoms with Gasteiger partial charge in [-0.15, -0.1) is 10.6 Å². The van der Waals surface area contributed by atoms with Crippen LogP contribution in [0.3, 0.4) is 0 Å². The lowest BCUT2D eigenvalue weighted by Gasteiger charge is -2.32. The van der Waals surface area contributed by atoms with Crippen molar-refractivity contribution in [2.24, 2.45) is 0 Å². The van der Waals surface area contributed by atoms with Gasteiger partial charge in [0.2, 0.25) is 0 Å². The first-order chi connectivity index (χ1) is 14.0. The zero-order valence-corrected chi connectivity index (χ0v) is 17.2.